The van der Waals surface area contributed by atoms with Gasteiger partial charge >= 0.3 is 0 Å². The predicted octanol–water partition coefficient (Wildman–Crippen LogP) is 1.93. The van der Waals surface area contributed by atoms with Gasteiger partial charge < -0.3 is 5.73 Å². The molecule has 84 valence electrons. The summed E-state index contributed by atoms with van der Waals surface area (Å²) < 4.78 is 0. The molecule has 15 heavy (non-hydrogen) atoms. The predicted molar refractivity (Wildman–Crippen MR) is 64.0 cm³/mol. The van der Waals surface area contributed by atoms with Crippen LogP contribution in [0.1, 0.15) is 41.9 Å². The quantitative estimate of drug-likeness (QED) is 0.854. The van der Waals surface area contributed by atoms with Crippen molar-refractivity contribution in [2.75, 3.05) is 13.1 Å². The standard InChI is InChI=1S/C11H19N3S/c1-3-8(12)11-13-9-5-6-14(4-2)7-10(9)15-11/h8H,3-7,12H2,1-2H3. The van der Waals surface area contributed by atoms with Gasteiger partial charge in [-0.1, -0.05) is 13.8 Å². The average Bonchev–Trinajstić information content (AvgIpc) is 2.70. The van der Waals surface area contributed by atoms with Crippen LogP contribution in [0.25, 0.3) is 0 Å². The van der Waals surface area contributed by atoms with Crippen LogP contribution in [-0.4, -0.2) is 23.0 Å². The van der Waals surface area contributed by atoms with Crippen molar-refractivity contribution in [1.82, 2.24) is 9.88 Å². The van der Waals surface area contributed by atoms with Crippen LogP contribution >= 0.6 is 11.3 Å². The van der Waals surface area contributed by atoms with E-state index in [0.717, 1.165) is 37.5 Å². The van der Waals surface area contributed by atoms with Gasteiger partial charge in [-0.05, 0) is 13.0 Å². The minimum absolute atomic E-state index is 0.135. The Morgan fingerprint density at radius 1 is 1.53 bits per heavy atom. The molecule has 0 amide bonds. The van der Waals surface area contributed by atoms with Crippen LogP contribution in [0.2, 0.25) is 0 Å². The summed E-state index contributed by atoms with van der Waals surface area (Å²) in [5.41, 5.74) is 7.30. The van der Waals surface area contributed by atoms with Gasteiger partial charge in [0.1, 0.15) is 5.01 Å². The Labute approximate surface area is 95.3 Å². The van der Waals surface area contributed by atoms with Crippen LogP contribution in [0.3, 0.4) is 0 Å². The normalized spacial score (nSPS) is 18.9. The Kier molecular flexibility index (Phi) is 3.38. The zero-order valence-corrected chi connectivity index (χ0v) is 10.3. The first kappa shape index (κ1) is 11.0. The van der Waals surface area contributed by atoms with Gasteiger partial charge in [0, 0.05) is 24.4 Å². The summed E-state index contributed by atoms with van der Waals surface area (Å²) in [6, 6.07) is 0.135. The third kappa shape index (κ3) is 2.22. The topological polar surface area (TPSA) is 42.1 Å². The number of nitrogens with zero attached hydrogens (tertiary/aromatic N) is 2. The average molecular weight is 225 g/mol. The molecule has 1 aromatic rings. The van der Waals surface area contributed by atoms with E-state index in [1.807, 2.05) is 11.3 Å². The molecular formula is C11H19N3S. The molecule has 0 bridgehead atoms. The van der Waals surface area contributed by atoms with Crippen LogP contribution in [0.4, 0.5) is 0 Å². The van der Waals surface area contributed by atoms with Crippen LogP contribution in [0.5, 0.6) is 0 Å². The minimum atomic E-state index is 0.135. The second-order valence-corrected chi connectivity index (χ2v) is 5.17. The zero-order valence-electron chi connectivity index (χ0n) is 9.49. The van der Waals surface area contributed by atoms with Gasteiger partial charge in [0.25, 0.3) is 0 Å². The van der Waals surface area contributed by atoms with Crippen LogP contribution in [-0.2, 0) is 13.0 Å². The van der Waals surface area contributed by atoms with Crippen molar-refractivity contribution < 1.29 is 0 Å². The summed E-state index contributed by atoms with van der Waals surface area (Å²) in [6.07, 6.45) is 2.07. The lowest BCUT2D eigenvalue weighted by Crippen LogP contribution is -2.29. The molecule has 0 saturated carbocycles. The van der Waals surface area contributed by atoms with E-state index in [1.165, 1.54) is 10.6 Å². The number of aromatic nitrogens is 1. The fraction of sp³-hybridized carbons (Fsp3) is 0.727. The molecule has 1 aliphatic heterocycles. The molecule has 0 saturated heterocycles. The Balaban J connectivity index is 2.18. The maximum atomic E-state index is 6.01. The molecule has 2 rings (SSSR count). The summed E-state index contributed by atoms with van der Waals surface area (Å²) in [6.45, 7) is 7.68. The number of rotatable bonds is 3. The maximum Gasteiger partial charge on any atom is 0.110 e. The van der Waals surface area contributed by atoms with Crippen molar-refractivity contribution >= 4 is 11.3 Å². The lowest BCUT2D eigenvalue weighted by molar-refractivity contribution is 0.269. The highest BCUT2D eigenvalue weighted by Crippen LogP contribution is 2.28. The Hall–Kier alpha value is -0.450. The summed E-state index contributed by atoms with van der Waals surface area (Å²) >= 11 is 1.81. The van der Waals surface area contributed by atoms with Gasteiger partial charge in [0.2, 0.25) is 0 Å². The van der Waals surface area contributed by atoms with Crippen LogP contribution < -0.4 is 5.73 Å². The molecule has 4 heteroatoms. The molecule has 2 heterocycles. The Bertz CT molecular complexity index is 335. The van der Waals surface area contributed by atoms with E-state index in [4.69, 9.17) is 5.73 Å². The third-order valence-electron chi connectivity index (χ3n) is 3.03. The SMILES string of the molecule is CCC(N)c1nc2c(s1)CN(CC)CC2. The van der Waals surface area contributed by atoms with Gasteiger partial charge in [0.05, 0.1) is 11.7 Å². The second-order valence-electron chi connectivity index (χ2n) is 4.06. The fourth-order valence-electron chi connectivity index (χ4n) is 1.87. The molecule has 0 aliphatic carbocycles. The molecule has 0 radical (unpaired) electrons. The minimum Gasteiger partial charge on any atom is -0.322 e. The van der Waals surface area contributed by atoms with Crippen molar-refractivity contribution in [3.8, 4) is 0 Å². The van der Waals surface area contributed by atoms with E-state index >= 15 is 0 Å². The number of thiazole rings is 1. The molecular weight excluding hydrogens is 206 g/mol. The fourth-order valence-corrected chi connectivity index (χ4v) is 3.11. The number of hydrogen-bond donors (Lipinski definition) is 1. The molecule has 0 spiro atoms. The second kappa shape index (κ2) is 4.60. The van der Waals surface area contributed by atoms with E-state index < -0.39 is 0 Å². The third-order valence-corrected chi connectivity index (χ3v) is 4.25. The molecule has 3 nitrogen and oxygen atoms in total. The maximum absolute atomic E-state index is 6.01. The first-order valence-electron chi connectivity index (χ1n) is 5.71. The molecule has 1 aliphatic rings. The van der Waals surface area contributed by atoms with E-state index in [0.29, 0.717) is 0 Å². The highest BCUT2D eigenvalue weighted by molar-refractivity contribution is 7.11. The van der Waals surface area contributed by atoms with Crippen molar-refractivity contribution in [1.29, 1.82) is 0 Å². The number of fused-ring (bicyclic) bond motifs is 1. The summed E-state index contributed by atoms with van der Waals surface area (Å²) in [7, 11) is 0. The smallest absolute Gasteiger partial charge is 0.110 e. The van der Waals surface area contributed by atoms with Gasteiger partial charge in [-0.3, -0.25) is 4.90 Å². The Morgan fingerprint density at radius 3 is 3.00 bits per heavy atom. The summed E-state index contributed by atoms with van der Waals surface area (Å²) in [4.78, 5) is 8.55. The van der Waals surface area contributed by atoms with Crippen molar-refractivity contribution in [2.45, 2.75) is 39.3 Å². The molecule has 1 atom stereocenters. The van der Waals surface area contributed by atoms with Crippen LogP contribution in [0, 0.1) is 0 Å². The number of hydrogen-bond acceptors (Lipinski definition) is 4. The van der Waals surface area contributed by atoms with Gasteiger partial charge in [-0.25, -0.2) is 4.98 Å². The van der Waals surface area contributed by atoms with Crippen molar-refractivity contribution in [2.24, 2.45) is 5.73 Å². The molecule has 2 N–H and O–H groups in total. The van der Waals surface area contributed by atoms with E-state index in [2.05, 4.69) is 23.7 Å². The molecule has 0 aromatic carbocycles. The lowest BCUT2D eigenvalue weighted by Gasteiger charge is -2.23. The van der Waals surface area contributed by atoms with Crippen molar-refractivity contribution in [3.05, 3.63) is 15.6 Å². The lowest BCUT2D eigenvalue weighted by atomic mass is 10.2. The van der Waals surface area contributed by atoms with Gasteiger partial charge in [-0.2, -0.15) is 0 Å². The monoisotopic (exact) mass is 225 g/mol. The van der Waals surface area contributed by atoms with E-state index in [9.17, 15) is 0 Å². The molecule has 0 fully saturated rings. The Morgan fingerprint density at radius 2 is 2.33 bits per heavy atom. The highest BCUT2D eigenvalue weighted by atomic mass is 32.1. The number of likely N-dealkylation sites (N-methyl/N-ethyl adjacent to an activating group) is 1. The first-order chi connectivity index (χ1) is 7.24. The summed E-state index contributed by atoms with van der Waals surface area (Å²) in [5, 5.41) is 1.13. The van der Waals surface area contributed by atoms with E-state index in [-0.39, 0.29) is 6.04 Å². The van der Waals surface area contributed by atoms with Gasteiger partial charge in [-0.15, -0.1) is 11.3 Å². The first-order valence-corrected chi connectivity index (χ1v) is 6.52. The van der Waals surface area contributed by atoms with Crippen molar-refractivity contribution in [3.63, 3.8) is 0 Å². The van der Waals surface area contributed by atoms with Crippen LogP contribution in [0.15, 0.2) is 0 Å². The summed E-state index contributed by atoms with van der Waals surface area (Å²) in [5.74, 6) is 0. The molecule has 1 unspecified atom stereocenters. The van der Waals surface area contributed by atoms with E-state index in [1.54, 1.807) is 0 Å². The highest BCUT2D eigenvalue weighted by Gasteiger charge is 2.21. The zero-order chi connectivity index (χ0) is 10.8. The molecule has 1 aromatic heterocycles. The number of nitrogens with two attached hydrogens (primary N) is 1. The van der Waals surface area contributed by atoms with Gasteiger partial charge in [0.15, 0.2) is 0 Å². The largest absolute Gasteiger partial charge is 0.322 e.